The number of carbonyl (C=O) groups is 2. The summed E-state index contributed by atoms with van der Waals surface area (Å²) in [7, 11) is 1.81. The van der Waals surface area contributed by atoms with Crippen LogP contribution >= 0.6 is 0 Å². The Kier molecular flexibility index (Phi) is 4.64. The molecule has 1 aromatic heterocycles. The zero-order chi connectivity index (χ0) is 18.0. The van der Waals surface area contributed by atoms with Crippen LogP contribution in [0.4, 0.5) is 20.2 Å². The highest BCUT2D eigenvalue weighted by Crippen LogP contribution is 2.19. The first-order valence-electron chi connectivity index (χ1n) is 7.73. The van der Waals surface area contributed by atoms with E-state index in [0.717, 1.165) is 30.4 Å². The topological polar surface area (TPSA) is 79.3 Å². The van der Waals surface area contributed by atoms with E-state index in [1.165, 1.54) is 0 Å². The van der Waals surface area contributed by atoms with Crippen molar-refractivity contribution in [1.82, 2.24) is 15.1 Å². The van der Waals surface area contributed by atoms with Gasteiger partial charge < -0.3 is 15.5 Å². The molecule has 25 heavy (non-hydrogen) atoms. The van der Waals surface area contributed by atoms with Gasteiger partial charge in [0.15, 0.2) is 0 Å². The second-order valence-electron chi connectivity index (χ2n) is 5.86. The highest BCUT2D eigenvalue weighted by atomic mass is 19.1. The summed E-state index contributed by atoms with van der Waals surface area (Å²) >= 11 is 0. The zero-order valence-electron chi connectivity index (χ0n) is 13.5. The van der Waals surface area contributed by atoms with Gasteiger partial charge in [-0.2, -0.15) is 5.10 Å². The van der Waals surface area contributed by atoms with E-state index in [9.17, 15) is 18.4 Å². The van der Waals surface area contributed by atoms with Crippen molar-refractivity contribution in [3.8, 4) is 0 Å². The Hall–Kier alpha value is -2.97. The third-order valence-electron chi connectivity index (χ3n) is 3.96. The van der Waals surface area contributed by atoms with Crippen LogP contribution in [0.1, 0.15) is 6.42 Å². The van der Waals surface area contributed by atoms with Crippen LogP contribution in [0.5, 0.6) is 0 Å². The molecule has 0 spiro atoms. The van der Waals surface area contributed by atoms with Crippen molar-refractivity contribution in [3.63, 3.8) is 0 Å². The second kappa shape index (κ2) is 6.88. The van der Waals surface area contributed by atoms with E-state index in [1.54, 1.807) is 10.9 Å². The predicted molar refractivity (Wildman–Crippen MR) is 87.0 cm³/mol. The maximum atomic E-state index is 13.5. The summed E-state index contributed by atoms with van der Waals surface area (Å²) in [6.45, 7) is 1.26. The molecule has 2 amide bonds. The van der Waals surface area contributed by atoms with Gasteiger partial charge in [0.25, 0.3) is 0 Å². The molecule has 2 aromatic rings. The van der Waals surface area contributed by atoms with Crippen molar-refractivity contribution >= 4 is 23.2 Å². The number of halogens is 2. The van der Waals surface area contributed by atoms with Crippen LogP contribution in [0.3, 0.4) is 0 Å². The van der Waals surface area contributed by atoms with Crippen LogP contribution in [0, 0.1) is 11.6 Å². The number of nitrogens with zero attached hydrogens (tertiary/aromatic N) is 3. The molecule has 2 heterocycles. The molecule has 0 aliphatic carbocycles. The maximum absolute atomic E-state index is 13.5. The summed E-state index contributed by atoms with van der Waals surface area (Å²) < 4.78 is 28.3. The fourth-order valence-electron chi connectivity index (χ4n) is 2.71. The van der Waals surface area contributed by atoms with Gasteiger partial charge in [0, 0.05) is 38.4 Å². The average molecular weight is 349 g/mol. The Bertz CT molecular complexity index is 808. The first kappa shape index (κ1) is 16.9. The van der Waals surface area contributed by atoms with Crippen LogP contribution in [0.15, 0.2) is 30.6 Å². The van der Waals surface area contributed by atoms with Gasteiger partial charge >= 0.3 is 11.8 Å². The van der Waals surface area contributed by atoms with E-state index in [-0.39, 0.29) is 11.7 Å². The third-order valence-corrected chi connectivity index (χ3v) is 3.96. The predicted octanol–water partition coefficient (Wildman–Crippen LogP) is 1.03. The van der Waals surface area contributed by atoms with Gasteiger partial charge in [-0.3, -0.25) is 14.3 Å². The number of hydrogen-bond acceptors (Lipinski definition) is 4. The molecular formula is C16H17F2N5O2. The fourth-order valence-corrected chi connectivity index (χ4v) is 2.71. The van der Waals surface area contributed by atoms with Crippen molar-refractivity contribution in [2.75, 3.05) is 23.3 Å². The molecule has 0 saturated carbocycles. The molecule has 1 fully saturated rings. The van der Waals surface area contributed by atoms with Gasteiger partial charge in [0.05, 0.1) is 17.6 Å². The molecule has 1 atom stereocenters. The molecule has 0 radical (unpaired) electrons. The van der Waals surface area contributed by atoms with Crippen LogP contribution < -0.4 is 15.5 Å². The lowest BCUT2D eigenvalue weighted by atomic mass is 10.2. The van der Waals surface area contributed by atoms with Gasteiger partial charge in [-0.15, -0.1) is 0 Å². The van der Waals surface area contributed by atoms with E-state index in [2.05, 4.69) is 15.7 Å². The quantitative estimate of drug-likeness (QED) is 0.812. The maximum Gasteiger partial charge on any atom is 0.313 e. The average Bonchev–Trinajstić information content (AvgIpc) is 3.19. The van der Waals surface area contributed by atoms with Gasteiger partial charge in [-0.25, -0.2) is 8.78 Å². The highest BCUT2D eigenvalue weighted by molar-refractivity contribution is 6.39. The van der Waals surface area contributed by atoms with E-state index in [0.29, 0.717) is 13.0 Å². The molecule has 1 aliphatic rings. The molecule has 0 bridgehead atoms. The van der Waals surface area contributed by atoms with E-state index >= 15 is 0 Å². The standard InChI is InChI=1S/C16H17F2N5O2/c1-22-9-12(7-19-22)23-5-4-11(8-23)20-15(24)16(25)21-14-6-10(17)2-3-13(14)18/h2-3,6-7,9,11H,4-5,8H2,1H3,(H,20,24)(H,21,25)/t11-/m0/s1. The lowest BCUT2D eigenvalue weighted by Crippen LogP contribution is -2.43. The summed E-state index contributed by atoms with van der Waals surface area (Å²) in [6, 6.07) is 2.42. The number of aromatic nitrogens is 2. The monoisotopic (exact) mass is 349 g/mol. The Morgan fingerprint density at radius 1 is 1.28 bits per heavy atom. The Morgan fingerprint density at radius 3 is 2.80 bits per heavy atom. The molecule has 2 N–H and O–H groups in total. The summed E-state index contributed by atoms with van der Waals surface area (Å²) in [5, 5.41) is 8.78. The Morgan fingerprint density at radius 2 is 2.08 bits per heavy atom. The molecule has 0 unspecified atom stereocenters. The number of amides is 2. The zero-order valence-corrected chi connectivity index (χ0v) is 13.5. The summed E-state index contributed by atoms with van der Waals surface area (Å²) in [5.41, 5.74) is 0.564. The minimum Gasteiger partial charge on any atom is -0.367 e. The third kappa shape index (κ3) is 3.93. The van der Waals surface area contributed by atoms with Gasteiger partial charge in [0.1, 0.15) is 11.6 Å². The van der Waals surface area contributed by atoms with Crippen LogP contribution in [-0.4, -0.2) is 40.7 Å². The Balaban J connectivity index is 1.55. The van der Waals surface area contributed by atoms with Crippen LogP contribution in [-0.2, 0) is 16.6 Å². The lowest BCUT2D eigenvalue weighted by molar-refractivity contribution is -0.136. The number of benzene rings is 1. The summed E-state index contributed by atoms with van der Waals surface area (Å²) in [5.74, 6) is -3.45. The number of hydrogen-bond donors (Lipinski definition) is 2. The highest BCUT2D eigenvalue weighted by Gasteiger charge is 2.27. The van der Waals surface area contributed by atoms with Crippen molar-refractivity contribution in [3.05, 3.63) is 42.2 Å². The van der Waals surface area contributed by atoms with Crippen molar-refractivity contribution in [1.29, 1.82) is 0 Å². The largest absolute Gasteiger partial charge is 0.367 e. The smallest absolute Gasteiger partial charge is 0.313 e. The minimum atomic E-state index is -1.04. The second-order valence-corrected chi connectivity index (χ2v) is 5.86. The van der Waals surface area contributed by atoms with Gasteiger partial charge in [0.2, 0.25) is 0 Å². The Labute approximate surface area is 142 Å². The minimum absolute atomic E-state index is 0.212. The number of aryl methyl sites for hydroxylation is 1. The van der Waals surface area contributed by atoms with E-state index in [1.807, 2.05) is 18.1 Å². The molecule has 1 aliphatic heterocycles. The van der Waals surface area contributed by atoms with Gasteiger partial charge in [-0.1, -0.05) is 0 Å². The number of rotatable bonds is 3. The van der Waals surface area contributed by atoms with Crippen LogP contribution in [0.25, 0.3) is 0 Å². The first-order chi connectivity index (χ1) is 11.9. The van der Waals surface area contributed by atoms with Crippen molar-refractivity contribution in [2.45, 2.75) is 12.5 Å². The number of nitrogens with one attached hydrogen (secondary N) is 2. The molecular weight excluding hydrogens is 332 g/mol. The SMILES string of the molecule is Cn1cc(N2CC[C@H](NC(=O)C(=O)Nc3cc(F)ccc3F)C2)cn1. The normalized spacial score (nSPS) is 16.8. The molecule has 1 saturated heterocycles. The summed E-state index contributed by atoms with van der Waals surface area (Å²) in [4.78, 5) is 25.9. The van der Waals surface area contributed by atoms with Gasteiger partial charge in [-0.05, 0) is 18.6 Å². The molecule has 3 rings (SSSR count). The molecule has 7 nitrogen and oxygen atoms in total. The number of carbonyl (C=O) groups excluding carboxylic acids is 2. The number of anilines is 2. The molecule has 9 heteroatoms. The fraction of sp³-hybridized carbons (Fsp3) is 0.312. The van der Waals surface area contributed by atoms with E-state index < -0.39 is 23.4 Å². The molecule has 132 valence electrons. The first-order valence-corrected chi connectivity index (χ1v) is 7.73. The molecule has 1 aromatic carbocycles. The lowest BCUT2D eigenvalue weighted by Gasteiger charge is -2.16. The van der Waals surface area contributed by atoms with Crippen molar-refractivity contribution in [2.24, 2.45) is 7.05 Å². The van der Waals surface area contributed by atoms with Crippen LogP contribution in [0.2, 0.25) is 0 Å². The van der Waals surface area contributed by atoms with E-state index in [4.69, 9.17) is 0 Å². The summed E-state index contributed by atoms with van der Waals surface area (Å²) in [6.07, 6.45) is 4.26. The van der Waals surface area contributed by atoms with Crippen molar-refractivity contribution < 1.29 is 18.4 Å².